The van der Waals surface area contributed by atoms with Gasteiger partial charge in [-0.05, 0) is 54.9 Å². The Labute approximate surface area is 199 Å². The summed E-state index contributed by atoms with van der Waals surface area (Å²) in [4.78, 5) is 38.8. The van der Waals surface area contributed by atoms with E-state index in [1.807, 2.05) is 17.0 Å². The van der Waals surface area contributed by atoms with E-state index in [4.69, 9.17) is 0 Å². The Morgan fingerprint density at radius 1 is 1.03 bits per heavy atom. The summed E-state index contributed by atoms with van der Waals surface area (Å²) < 4.78 is 13.5. The second-order valence-corrected chi connectivity index (χ2v) is 10.3. The van der Waals surface area contributed by atoms with Crippen molar-refractivity contribution < 1.29 is 14.0 Å². The van der Waals surface area contributed by atoms with Crippen LogP contribution in [0.3, 0.4) is 0 Å². The minimum Gasteiger partial charge on any atom is -0.355 e. The molecule has 1 aromatic heterocycles. The molecule has 0 saturated carbocycles. The predicted octanol–water partition coefficient (Wildman–Crippen LogP) is 3.13. The Kier molecular flexibility index (Phi) is 6.00. The van der Waals surface area contributed by atoms with Gasteiger partial charge in [0.15, 0.2) is 0 Å². The van der Waals surface area contributed by atoms with Gasteiger partial charge in [0.25, 0.3) is 0 Å². The van der Waals surface area contributed by atoms with Gasteiger partial charge in [-0.25, -0.2) is 14.4 Å². The molecule has 0 bridgehead atoms. The number of hydrogen-bond donors (Lipinski definition) is 1. The molecule has 180 valence electrons. The smallest absolute Gasteiger partial charge is 0.228 e. The third-order valence-electron chi connectivity index (χ3n) is 8.29. The summed E-state index contributed by atoms with van der Waals surface area (Å²) in [5.41, 5.74) is 0.478. The van der Waals surface area contributed by atoms with Gasteiger partial charge in [0, 0.05) is 62.9 Å². The number of nitrogens with one attached hydrogen (secondary N) is 1. The van der Waals surface area contributed by atoms with Crippen LogP contribution >= 0.6 is 0 Å². The summed E-state index contributed by atoms with van der Waals surface area (Å²) in [5.74, 6) is 0.887. The third-order valence-corrected chi connectivity index (χ3v) is 8.29. The van der Waals surface area contributed by atoms with Crippen molar-refractivity contribution in [2.24, 2.45) is 10.8 Å². The first-order valence-corrected chi connectivity index (χ1v) is 12.2. The highest BCUT2D eigenvalue weighted by molar-refractivity contribution is 5.83. The molecule has 3 saturated heterocycles. The zero-order chi connectivity index (χ0) is 23.8. The maximum absolute atomic E-state index is 13.6. The normalized spacial score (nSPS) is 24.1. The fraction of sp³-hybridized carbons (Fsp3) is 0.538. The minimum atomic E-state index is -0.393. The van der Waals surface area contributed by atoms with Gasteiger partial charge in [-0.2, -0.15) is 0 Å². The molecule has 34 heavy (non-hydrogen) atoms. The van der Waals surface area contributed by atoms with E-state index in [2.05, 4.69) is 27.1 Å². The number of halogens is 1. The number of nitrogens with zero attached hydrogens (tertiary/aromatic N) is 4. The lowest BCUT2D eigenvalue weighted by molar-refractivity contribution is -0.146. The fourth-order valence-electron chi connectivity index (χ4n) is 6.04. The van der Waals surface area contributed by atoms with Gasteiger partial charge < -0.3 is 15.1 Å². The molecule has 1 aromatic carbocycles. The van der Waals surface area contributed by atoms with Crippen molar-refractivity contribution in [3.63, 3.8) is 0 Å². The highest BCUT2D eigenvalue weighted by Gasteiger charge is 2.48. The van der Waals surface area contributed by atoms with Crippen LogP contribution in [-0.2, 0) is 9.59 Å². The maximum Gasteiger partial charge on any atom is 0.228 e. The van der Waals surface area contributed by atoms with E-state index in [9.17, 15) is 14.0 Å². The first-order chi connectivity index (χ1) is 16.4. The lowest BCUT2D eigenvalue weighted by Crippen LogP contribution is -2.55. The largest absolute Gasteiger partial charge is 0.355 e. The molecule has 0 unspecified atom stereocenters. The van der Waals surface area contributed by atoms with Gasteiger partial charge >= 0.3 is 0 Å². The number of amides is 2. The van der Waals surface area contributed by atoms with Crippen molar-refractivity contribution in [3.8, 4) is 0 Å². The van der Waals surface area contributed by atoms with Crippen LogP contribution in [0, 0.1) is 16.6 Å². The molecule has 0 aliphatic carbocycles. The number of piperidine rings is 3. The predicted molar refractivity (Wildman–Crippen MR) is 127 cm³/mol. The maximum atomic E-state index is 13.6. The first-order valence-electron chi connectivity index (χ1n) is 12.2. The average Bonchev–Trinajstić information content (AvgIpc) is 2.86. The van der Waals surface area contributed by atoms with Crippen molar-refractivity contribution in [3.05, 3.63) is 54.1 Å². The van der Waals surface area contributed by atoms with E-state index in [0.29, 0.717) is 26.1 Å². The molecule has 1 N–H and O–H groups in total. The van der Waals surface area contributed by atoms with Gasteiger partial charge in [-0.3, -0.25) is 9.59 Å². The molecule has 0 radical (unpaired) electrons. The molecule has 7 nitrogen and oxygen atoms in total. The average molecular weight is 466 g/mol. The van der Waals surface area contributed by atoms with Crippen LogP contribution in [0.5, 0.6) is 0 Å². The van der Waals surface area contributed by atoms with Gasteiger partial charge in [-0.15, -0.1) is 0 Å². The molecule has 1 atom stereocenters. The van der Waals surface area contributed by atoms with Crippen LogP contribution in [0.25, 0.3) is 0 Å². The lowest BCUT2D eigenvalue weighted by Gasteiger charge is -2.50. The molecule has 3 aliphatic rings. The van der Waals surface area contributed by atoms with Crippen LogP contribution in [0.15, 0.2) is 42.7 Å². The zero-order valence-corrected chi connectivity index (χ0v) is 19.7. The summed E-state index contributed by atoms with van der Waals surface area (Å²) >= 11 is 0. The summed E-state index contributed by atoms with van der Waals surface area (Å²) in [7, 11) is 0. The molecule has 4 heterocycles. The minimum absolute atomic E-state index is 0.0700. The standard InChI is InChI=1S/C26H32FN5O2/c1-25(7-13-32(14-8-25)24-28-11-2-12-29-24)23(34)31-15-9-26(10-16-31)17-22(33)30-18-21(26)19-3-5-20(27)6-4-19/h2-6,11-12,21H,7-10,13-18H2,1H3,(H,30,33)/t21-/m0/s1. The van der Waals surface area contributed by atoms with Crippen molar-refractivity contribution >= 4 is 17.8 Å². The highest BCUT2D eigenvalue weighted by Crippen LogP contribution is 2.49. The number of carbonyl (C=O) groups excluding carboxylic acids is 2. The highest BCUT2D eigenvalue weighted by atomic mass is 19.1. The van der Waals surface area contributed by atoms with Crippen molar-refractivity contribution in [1.82, 2.24) is 20.2 Å². The van der Waals surface area contributed by atoms with Crippen molar-refractivity contribution in [2.75, 3.05) is 37.6 Å². The Morgan fingerprint density at radius 3 is 2.32 bits per heavy atom. The number of aromatic nitrogens is 2. The molecule has 3 fully saturated rings. The van der Waals surface area contributed by atoms with E-state index >= 15 is 0 Å². The topological polar surface area (TPSA) is 78.4 Å². The Bertz CT molecular complexity index is 1030. The second-order valence-electron chi connectivity index (χ2n) is 10.3. The van der Waals surface area contributed by atoms with Crippen LogP contribution in [0.1, 0.15) is 50.5 Å². The van der Waals surface area contributed by atoms with E-state index < -0.39 is 5.41 Å². The molecule has 5 rings (SSSR count). The number of hydrogen-bond acceptors (Lipinski definition) is 5. The Hall–Kier alpha value is -3.03. The van der Waals surface area contributed by atoms with Crippen LogP contribution in [-0.4, -0.2) is 59.4 Å². The van der Waals surface area contributed by atoms with Gasteiger partial charge in [0.2, 0.25) is 17.8 Å². The first kappa shape index (κ1) is 22.7. The number of likely N-dealkylation sites (tertiary alicyclic amines) is 1. The van der Waals surface area contributed by atoms with Crippen LogP contribution in [0.4, 0.5) is 10.3 Å². The molecule has 3 aliphatic heterocycles. The molecule has 8 heteroatoms. The number of anilines is 1. The summed E-state index contributed by atoms with van der Waals surface area (Å²) in [5, 5.41) is 3.00. The number of benzene rings is 1. The summed E-state index contributed by atoms with van der Waals surface area (Å²) in [6.07, 6.45) is 7.06. The molecule has 1 spiro atoms. The third kappa shape index (κ3) is 4.26. The monoisotopic (exact) mass is 465 g/mol. The SMILES string of the molecule is CC1(C(=O)N2CCC3(CC2)CC(=O)NC[C@H]3c2ccc(F)cc2)CCN(c2ncccn2)CC1. The lowest BCUT2D eigenvalue weighted by atomic mass is 9.62. The van der Waals surface area contributed by atoms with Crippen molar-refractivity contribution in [1.29, 1.82) is 0 Å². The van der Waals surface area contributed by atoms with Crippen LogP contribution in [0.2, 0.25) is 0 Å². The zero-order valence-electron chi connectivity index (χ0n) is 19.7. The molecular formula is C26H32FN5O2. The van der Waals surface area contributed by atoms with E-state index in [1.165, 1.54) is 12.1 Å². The Morgan fingerprint density at radius 2 is 1.68 bits per heavy atom. The summed E-state index contributed by atoms with van der Waals surface area (Å²) in [6, 6.07) is 8.46. The van der Waals surface area contributed by atoms with E-state index in [-0.39, 0.29) is 29.0 Å². The number of carbonyl (C=O) groups is 2. The molecular weight excluding hydrogens is 433 g/mol. The summed E-state index contributed by atoms with van der Waals surface area (Å²) in [6.45, 7) is 5.48. The molecule has 2 amide bonds. The Balaban J connectivity index is 1.25. The van der Waals surface area contributed by atoms with Gasteiger partial charge in [-0.1, -0.05) is 19.1 Å². The van der Waals surface area contributed by atoms with Crippen molar-refractivity contribution in [2.45, 2.75) is 44.9 Å². The van der Waals surface area contributed by atoms with E-state index in [0.717, 1.165) is 50.3 Å². The molecule has 2 aromatic rings. The van der Waals surface area contributed by atoms with E-state index in [1.54, 1.807) is 18.5 Å². The van der Waals surface area contributed by atoms with Gasteiger partial charge in [0.1, 0.15) is 5.82 Å². The fourth-order valence-corrected chi connectivity index (χ4v) is 6.04. The van der Waals surface area contributed by atoms with Crippen LogP contribution < -0.4 is 10.2 Å². The second kappa shape index (κ2) is 8.96. The number of rotatable bonds is 3. The van der Waals surface area contributed by atoms with Gasteiger partial charge in [0.05, 0.1) is 0 Å². The quantitative estimate of drug-likeness (QED) is 0.754.